The van der Waals surface area contributed by atoms with Crippen LogP contribution in [0.2, 0.25) is 5.02 Å². The van der Waals surface area contributed by atoms with Crippen LogP contribution in [0.25, 0.3) is 0 Å². The lowest BCUT2D eigenvalue weighted by atomic mass is 10.2. The standard InChI is InChI=1S/C17H19ClN4O2/c18-15-6-2-1-4-12(15)8-20-17-21-9-13(10-22-17)16(23)19-11-14-5-3-7-24-14/h1-2,4,6,9-10,14H,3,5,7-8,11H2,(H,19,23)(H,20,21,22). The Hall–Kier alpha value is -2.18. The molecular formula is C17H19ClN4O2. The topological polar surface area (TPSA) is 76.1 Å². The van der Waals surface area contributed by atoms with Crippen molar-refractivity contribution in [2.24, 2.45) is 0 Å². The molecule has 1 aliphatic heterocycles. The second kappa shape index (κ2) is 8.08. The highest BCUT2D eigenvalue weighted by molar-refractivity contribution is 6.31. The molecule has 1 aliphatic rings. The molecule has 1 fully saturated rings. The van der Waals surface area contributed by atoms with Gasteiger partial charge >= 0.3 is 0 Å². The molecule has 2 heterocycles. The number of halogens is 1. The van der Waals surface area contributed by atoms with E-state index in [0.717, 1.165) is 25.0 Å². The third-order valence-corrected chi connectivity index (χ3v) is 4.19. The maximum Gasteiger partial charge on any atom is 0.254 e. The van der Waals surface area contributed by atoms with Gasteiger partial charge in [0.05, 0.1) is 11.7 Å². The molecule has 1 aromatic heterocycles. The number of carbonyl (C=O) groups is 1. The number of nitrogens with one attached hydrogen (secondary N) is 2. The molecule has 0 radical (unpaired) electrons. The minimum absolute atomic E-state index is 0.117. The molecule has 0 spiro atoms. The zero-order valence-corrected chi connectivity index (χ0v) is 13.9. The molecule has 1 atom stereocenters. The fourth-order valence-electron chi connectivity index (χ4n) is 2.47. The van der Waals surface area contributed by atoms with Crippen molar-refractivity contribution < 1.29 is 9.53 Å². The molecule has 126 valence electrons. The lowest BCUT2D eigenvalue weighted by Crippen LogP contribution is -2.31. The lowest BCUT2D eigenvalue weighted by Gasteiger charge is -2.11. The number of carbonyl (C=O) groups excluding carboxylic acids is 1. The van der Waals surface area contributed by atoms with E-state index in [1.165, 1.54) is 12.4 Å². The average Bonchev–Trinajstić information content (AvgIpc) is 3.13. The Morgan fingerprint density at radius 3 is 2.79 bits per heavy atom. The lowest BCUT2D eigenvalue weighted by molar-refractivity contribution is 0.0857. The first-order chi connectivity index (χ1) is 11.7. The zero-order chi connectivity index (χ0) is 16.8. The fourth-order valence-corrected chi connectivity index (χ4v) is 2.67. The van der Waals surface area contributed by atoms with Crippen molar-refractivity contribution in [2.45, 2.75) is 25.5 Å². The SMILES string of the molecule is O=C(NCC1CCCO1)c1cnc(NCc2ccccc2Cl)nc1. The van der Waals surface area contributed by atoms with Crippen LogP contribution in [0.5, 0.6) is 0 Å². The summed E-state index contributed by atoms with van der Waals surface area (Å²) in [6.45, 7) is 1.81. The number of anilines is 1. The fraction of sp³-hybridized carbons (Fsp3) is 0.353. The summed E-state index contributed by atoms with van der Waals surface area (Å²) in [6.07, 6.45) is 5.17. The van der Waals surface area contributed by atoms with E-state index in [1.807, 2.05) is 24.3 Å². The van der Waals surface area contributed by atoms with Crippen molar-refractivity contribution in [3.05, 3.63) is 52.8 Å². The second-order valence-electron chi connectivity index (χ2n) is 5.59. The van der Waals surface area contributed by atoms with Crippen molar-refractivity contribution in [1.82, 2.24) is 15.3 Å². The van der Waals surface area contributed by atoms with Crippen molar-refractivity contribution in [3.8, 4) is 0 Å². The number of ether oxygens (including phenoxy) is 1. The van der Waals surface area contributed by atoms with Crippen LogP contribution in [-0.2, 0) is 11.3 Å². The highest BCUT2D eigenvalue weighted by atomic mass is 35.5. The van der Waals surface area contributed by atoms with Crippen LogP contribution in [0.15, 0.2) is 36.7 Å². The highest BCUT2D eigenvalue weighted by Gasteiger charge is 2.16. The first kappa shape index (κ1) is 16.7. The van der Waals surface area contributed by atoms with Crippen molar-refractivity contribution in [1.29, 1.82) is 0 Å². The van der Waals surface area contributed by atoms with Crippen LogP contribution in [0, 0.1) is 0 Å². The Balaban J connectivity index is 1.51. The quantitative estimate of drug-likeness (QED) is 0.841. The van der Waals surface area contributed by atoms with Gasteiger partial charge in [0.15, 0.2) is 0 Å². The predicted molar refractivity (Wildman–Crippen MR) is 92.1 cm³/mol. The highest BCUT2D eigenvalue weighted by Crippen LogP contribution is 2.15. The number of rotatable bonds is 6. The van der Waals surface area contributed by atoms with Crippen LogP contribution < -0.4 is 10.6 Å². The summed E-state index contributed by atoms with van der Waals surface area (Å²) in [5.41, 5.74) is 1.39. The Kier molecular flexibility index (Phi) is 5.61. The maximum absolute atomic E-state index is 12.1. The van der Waals surface area contributed by atoms with Gasteiger partial charge in [0.1, 0.15) is 0 Å². The Morgan fingerprint density at radius 1 is 1.29 bits per heavy atom. The van der Waals surface area contributed by atoms with Gasteiger partial charge < -0.3 is 15.4 Å². The monoisotopic (exact) mass is 346 g/mol. The van der Waals surface area contributed by atoms with Gasteiger partial charge in [-0.05, 0) is 24.5 Å². The molecule has 0 aliphatic carbocycles. The molecule has 6 nitrogen and oxygen atoms in total. The molecule has 1 amide bonds. The number of benzene rings is 1. The summed E-state index contributed by atoms with van der Waals surface area (Å²) in [5.74, 6) is 0.258. The third kappa shape index (κ3) is 4.43. The van der Waals surface area contributed by atoms with E-state index in [-0.39, 0.29) is 12.0 Å². The Labute approximate surface area is 145 Å². The summed E-state index contributed by atoms with van der Waals surface area (Å²) >= 11 is 6.10. The van der Waals surface area contributed by atoms with E-state index >= 15 is 0 Å². The number of aromatic nitrogens is 2. The van der Waals surface area contributed by atoms with Crippen molar-refractivity contribution >= 4 is 23.5 Å². The molecule has 1 unspecified atom stereocenters. The molecular weight excluding hydrogens is 328 g/mol. The number of hydrogen-bond acceptors (Lipinski definition) is 5. The summed E-state index contributed by atoms with van der Waals surface area (Å²) < 4.78 is 5.48. The minimum atomic E-state index is -0.192. The van der Waals surface area contributed by atoms with Crippen molar-refractivity contribution in [3.63, 3.8) is 0 Å². The number of nitrogens with zero attached hydrogens (tertiary/aromatic N) is 2. The summed E-state index contributed by atoms with van der Waals surface area (Å²) in [7, 11) is 0. The molecule has 7 heteroatoms. The smallest absolute Gasteiger partial charge is 0.254 e. The third-order valence-electron chi connectivity index (χ3n) is 3.82. The van der Waals surface area contributed by atoms with Crippen LogP contribution in [-0.4, -0.2) is 35.1 Å². The van der Waals surface area contributed by atoms with Gasteiger partial charge in [-0.1, -0.05) is 29.8 Å². The molecule has 0 saturated carbocycles. The Morgan fingerprint density at radius 2 is 2.08 bits per heavy atom. The van der Waals surface area contributed by atoms with Crippen molar-refractivity contribution in [2.75, 3.05) is 18.5 Å². The first-order valence-electron chi connectivity index (χ1n) is 7.91. The molecule has 3 rings (SSSR count). The molecule has 2 aromatic rings. The minimum Gasteiger partial charge on any atom is -0.376 e. The van der Waals surface area contributed by atoms with Gasteiger partial charge in [0.2, 0.25) is 5.95 Å². The number of amides is 1. The van der Waals surface area contributed by atoms with E-state index in [1.54, 1.807) is 0 Å². The largest absolute Gasteiger partial charge is 0.376 e. The number of hydrogen-bond donors (Lipinski definition) is 2. The van der Waals surface area contributed by atoms with E-state index in [2.05, 4.69) is 20.6 Å². The molecule has 24 heavy (non-hydrogen) atoms. The summed E-state index contributed by atoms with van der Waals surface area (Å²) in [4.78, 5) is 20.4. The first-order valence-corrected chi connectivity index (χ1v) is 8.29. The van der Waals surface area contributed by atoms with E-state index < -0.39 is 0 Å². The summed E-state index contributed by atoms with van der Waals surface area (Å²) in [5, 5.41) is 6.62. The normalized spacial score (nSPS) is 16.8. The van der Waals surface area contributed by atoms with Crippen LogP contribution in [0.3, 0.4) is 0 Å². The van der Waals surface area contributed by atoms with E-state index in [9.17, 15) is 4.79 Å². The van der Waals surface area contributed by atoms with Gasteiger partial charge in [-0.2, -0.15) is 0 Å². The van der Waals surface area contributed by atoms with E-state index in [0.29, 0.717) is 29.6 Å². The van der Waals surface area contributed by atoms with Gasteiger partial charge in [-0.15, -0.1) is 0 Å². The Bertz CT molecular complexity index is 687. The van der Waals surface area contributed by atoms with Crippen LogP contribution in [0.1, 0.15) is 28.8 Å². The van der Waals surface area contributed by atoms with Gasteiger partial charge in [-0.25, -0.2) is 9.97 Å². The van der Waals surface area contributed by atoms with Crippen LogP contribution >= 0.6 is 11.6 Å². The molecule has 1 aromatic carbocycles. The van der Waals surface area contributed by atoms with Gasteiger partial charge in [0.25, 0.3) is 5.91 Å². The maximum atomic E-state index is 12.1. The van der Waals surface area contributed by atoms with Gasteiger partial charge in [-0.3, -0.25) is 4.79 Å². The van der Waals surface area contributed by atoms with Crippen LogP contribution in [0.4, 0.5) is 5.95 Å². The van der Waals surface area contributed by atoms with E-state index in [4.69, 9.17) is 16.3 Å². The molecule has 1 saturated heterocycles. The second-order valence-corrected chi connectivity index (χ2v) is 5.99. The molecule has 2 N–H and O–H groups in total. The zero-order valence-electron chi connectivity index (χ0n) is 13.2. The average molecular weight is 347 g/mol. The van der Waals surface area contributed by atoms with Gasteiger partial charge in [0, 0.05) is 37.1 Å². The summed E-state index contributed by atoms with van der Waals surface area (Å²) in [6, 6.07) is 7.57. The molecule has 0 bridgehead atoms. The predicted octanol–water partition coefficient (Wildman–Crippen LogP) is 2.65.